The molecule has 2 heteroatoms. The molecule has 1 saturated carbocycles. The lowest BCUT2D eigenvalue weighted by molar-refractivity contribution is -0.0314. The summed E-state index contributed by atoms with van der Waals surface area (Å²) in [6.45, 7) is 7.66. The molecular formula is C13H27NO. The second kappa shape index (κ2) is 5.86. The van der Waals surface area contributed by atoms with Crippen LogP contribution in [0.2, 0.25) is 0 Å². The van der Waals surface area contributed by atoms with Crippen molar-refractivity contribution in [3.8, 4) is 0 Å². The molecule has 0 saturated heterocycles. The molecule has 0 bridgehead atoms. The molecule has 1 rings (SSSR count). The van der Waals surface area contributed by atoms with Crippen LogP contribution >= 0.6 is 0 Å². The third kappa shape index (κ3) is 3.76. The van der Waals surface area contributed by atoms with Gasteiger partial charge >= 0.3 is 0 Å². The lowest BCUT2D eigenvalue weighted by atomic mass is 9.89. The van der Waals surface area contributed by atoms with Crippen LogP contribution in [0.1, 0.15) is 52.9 Å². The predicted molar refractivity (Wildman–Crippen MR) is 65.1 cm³/mol. The Balaban J connectivity index is 2.44. The predicted octanol–water partition coefficient (Wildman–Crippen LogP) is 2.97. The fraction of sp³-hybridized carbons (Fsp3) is 1.00. The Labute approximate surface area is 94.8 Å². The van der Waals surface area contributed by atoms with Crippen molar-refractivity contribution in [2.45, 2.75) is 64.5 Å². The Morgan fingerprint density at radius 3 is 2.47 bits per heavy atom. The van der Waals surface area contributed by atoms with Crippen molar-refractivity contribution in [2.24, 2.45) is 5.92 Å². The van der Waals surface area contributed by atoms with Crippen LogP contribution in [0.5, 0.6) is 0 Å². The summed E-state index contributed by atoms with van der Waals surface area (Å²) in [4.78, 5) is 0. The minimum absolute atomic E-state index is 0.00486. The van der Waals surface area contributed by atoms with Crippen LogP contribution in [0.3, 0.4) is 0 Å². The van der Waals surface area contributed by atoms with Crippen molar-refractivity contribution < 1.29 is 4.74 Å². The van der Waals surface area contributed by atoms with Gasteiger partial charge in [-0.3, -0.25) is 0 Å². The minimum atomic E-state index is 0.00486. The third-order valence-electron chi connectivity index (χ3n) is 3.92. The zero-order chi connectivity index (χ0) is 11.3. The molecule has 15 heavy (non-hydrogen) atoms. The van der Waals surface area contributed by atoms with Crippen LogP contribution in [0.25, 0.3) is 0 Å². The first kappa shape index (κ1) is 13.0. The molecule has 0 heterocycles. The lowest BCUT2D eigenvalue weighted by Crippen LogP contribution is -2.49. The Morgan fingerprint density at radius 1 is 1.40 bits per heavy atom. The van der Waals surface area contributed by atoms with Crippen molar-refractivity contribution in [3.63, 3.8) is 0 Å². The number of rotatable bonds is 8. The highest BCUT2D eigenvalue weighted by molar-refractivity contribution is 4.89. The highest BCUT2D eigenvalue weighted by atomic mass is 16.5. The van der Waals surface area contributed by atoms with Crippen LogP contribution in [0.15, 0.2) is 0 Å². The van der Waals surface area contributed by atoms with Gasteiger partial charge in [-0.25, -0.2) is 0 Å². The van der Waals surface area contributed by atoms with E-state index in [4.69, 9.17) is 4.74 Å². The van der Waals surface area contributed by atoms with E-state index in [1.807, 2.05) is 7.11 Å². The van der Waals surface area contributed by atoms with Gasteiger partial charge in [0.1, 0.15) is 0 Å². The van der Waals surface area contributed by atoms with E-state index in [9.17, 15) is 0 Å². The highest BCUT2D eigenvalue weighted by Crippen LogP contribution is 2.35. The van der Waals surface area contributed by atoms with Crippen molar-refractivity contribution in [2.75, 3.05) is 13.7 Å². The fourth-order valence-corrected chi connectivity index (χ4v) is 2.21. The van der Waals surface area contributed by atoms with Gasteiger partial charge in [0.25, 0.3) is 0 Å². The molecular weight excluding hydrogens is 186 g/mol. The zero-order valence-corrected chi connectivity index (χ0v) is 10.8. The van der Waals surface area contributed by atoms with Crippen LogP contribution in [-0.4, -0.2) is 25.3 Å². The summed E-state index contributed by atoms with van der Waals surface area (Å²) in [6.07, 6.45) is 6.61. The third-order valence-corrected chi connectivity index (χ3v) is 3.92. The molecule has 0 aromatic heterocycles. The summed E-state index contributed by atoms with van der Waals surface area (Å²) in [7, 11) is 1.84. The molecule has 2 atom stereocenters. The fourth-order valence-electron chi connectivity index (χ4n) is 2.21. The first-order valence-electron chi connectivity index (χ1n) is 6.44. The van der Waals surface area contributed by atoms with E-state index in [-0.39, 0.29) is 5.60 Å². The lowest BCUT2D eigenvalue weighted by Gasteiger charge is -2.36. The van der Waals surface area contributed by atoms with Gasteiger partial charge in [-0.05, 0) is 38.6 Å². The first-order valence-corrected chi connectivity index (χ1v) is 6.44. The van der Waals surface area contributed by atoms with Gasteiger partial charge in [-0.2, -0.15) is 0 Å². The smallest absolute Gasteiger partial charge is 0.0800 e. The normalized spacial score (nSPS) is 22.4. The second-order valence-corrected chi connectivity index (χ2v) is 5.00. The molecule has 2 unspecified atom stereocenters. The van der Waals surface area contributed by atoms with Crippen molar-refractivity contribution in [1.29, 1.82) is 0 Å². The maximum atomic E-state index is 5.69. The molecule has 1 fully saturated rings. The van der Waals surface area contributed by atoms with Crippen LogP contribution in [0.4, 0.5) is 0 Å². The summed E-state index contributed by atoms with van der Waals surface area (Å²) in [5.74, 6) is 1.02. The molecule has 0 spiro atoms. The van der Waals surface area contributed by atoms with Gasteiger partial charge in [-0.15, -0.1) is 0 Å². The van der Waals surface area contributed by atoms with Crippen molar-refractivity contribution >= 4 is 0 Å². The highest BCUT2D eigenvalue weighted by Gasteiger charge is 2.33. The maximum absolute atomic E-state index is 5.69. The van der Waals surface area contributed by atoms with E-state index >= 15 is 0 Å². The number of nitrogens with one attached hydrogen (secondary N) is 1. The Kier molecular flexibility index (Phi) is 5.07. The van der Waals surface area contributed by atoms with Gasteiger partial charge in [0.05, 0.1) is 5.60 Å². The summed E-state index contributed by atoms with van der Waals surface area (Å²) in [6, 6.07) is 0.512. The molecule has 2 nitrogen and oxygen atoms in total. The Hall–Kier alpha value is -0.0800. The first-order chi connectivity index (χ1) is 7.16. The zero-order valence-electron chi connectivity index (χ0n) is 10.8. The van der Waals surface area contributed by atoms with Gasteiger partial charge < -0.3 is 10.1 Å². The van der Waals surface area contributed by atoms with Crippen LogP contribution in [-0.2, 0) is 4.74 Å². The van der Waals surface area contributed by atoms with E-state index in [0.717, 1.165) is 18.9 Å². The molecule has 1 aliphatic rings. The van der Waals surface area contributed by atoms with E-state index < -0.39 is 0 Å². The molecule has 0 aromatic carbocycles. The summed E-state index contributed by atoms with van der Waals surface area (Å²) < 4.78 is 5.69. The molecule has 1 N–H and O–H groups in total. The average Bonchev–Trinajstić information content (AvgIpc) is 3.07. The molecule has 0 amide bonds. The van der Waals surface area contributed by atoms with E-state index in [1.54, 1.807) is 0 Å². The molecule has 1 aliphatic carbocycles. The SMILES string of the molecule is CCNC(CCC1CC1)C(C)(CC)OC. The van der Waals surface area contributed by atoms with Crippen LogP contribution < -0.4 is 5.32 Å². The van der Waals surface area contributed by atoms with Gasteiger partial charge in [0.2, 0.25) is 0 Å². The number of ether oxygens (including phenoxy) is 1. The Morgan fingerprint density at radius 2 is 2.07 bits per heavy atom. The van der Waals surface area contributed by atoms with Crippen molar-refractivity contribution in [3.05, 3.63) is 0 Å². The number of hydrogen-bond donors (Lipinski definition) is 1. The monoisotopic (exact) mass is 213 g/mol. The summed E-state index contributed by atoms with van der Waals surface area (Å²) in [5, 5.41) is 3.58. The van der Waals surface area contributed by atoms with Gasteiger partial charge in [0.15, 0.2) is 0 Å². The topological polar surface area (TPSA) is 21.3 Å². The molecule has 0 aliphatic heterocycles. The minimum Gasteiger partial charge on any atom is -0.377 e. The number of hydrogen-bond acceptors (Lipinski definition) is 2. The van der Waals surface area contributed by atoms with Crippen molar-refractivity contribution in [1.82, 2.24) is 5.32 Å². The quantitative estimate of drug-likeness (QED) is 0.669. The van der Waals surface area contributed by atoms with Gasteiger partial charge in [-0.1, -0.05) is 26.7 Å². The van der Waals surface area contributed by atoms with E-state index in [2.05, 4.69) is 26.1 Å². The maximum Gasteiger partial charge on any atom is 0.0800 e. The van der Waals surface area contributed by atoms with Gasteiger partial charge in [0, 0.05) is 13.2 Å². The largest absolute Gasteiger partial charge is 0.377 e. The molecule has 0 radical (unpaired) electrons. The van der Waals surface area contributed by atoms with E-state index in [0.29, 0.717) is 6.04 Å². The Bertz CT molecular complexity index is 173. The molecule has 0 aromatic rings. The van der Waals surface area contributed by atoms with Crippen LogP contribution in [0, 0.1) is 5.92 Å². The number of likely N-dealkylation sites (N-methyl/N-ethyl adjacent to an activating group) is 1. The summed E-state index contributed by atoms with van der Waals surface area (Å²) >= 11 is 0. The molecule has 90 valence electrons. The van der Waals surface area contributed by atoms with E-state index in [1.165, 1.54) is 25.7 Å². The average molecular weight is 213 g/mol. The standard InChI is InChI=1S/C13H27NO/c1-5-13(3,15-4)12(14-6-2)10-9-11-7-8-11/h11-12,14H,5-10H2,1-4H3. The number of methoxy groups -OCH3 is 1. The second-order valence-electron chi connectivity index (χ2n) is 5.00. The summed E-state index contributed by atoms with van der Waals surface area (Å²) in [5.41, 5.74) is 0.00486.